The highest BCUT2D eigenvalue weighted by Gasteiger charge is 2.20. The third kappa shape index (κ3) is 3.90. The minimum atomic E-state index is -1.58. The van der Waals surface area contributed by atoms with E-state index < -0.39 is 40.7 Å². The minimum absolute atomic E-state index is 0.167. The lowest BCUT2D eigenvalue weighted by molar-refractivity contribution is 0.0690. The van der Waals surface area contributed by atoms with Gasteiger partial charge < -0.3 is 20.9 Å². The molecule has 0 saturated carbocycles. The molecule has 0 bridgehead atoms. The van der Waals surface area contributed by atoms with Crippen molar-refractivity contribution in [1.82, 2.24) is 5.32 Å². The normalized spacial score (nSPS) is 9.90. The monoisotopic (exact) mass is 288 g/mol. The van der Waals surface area contributed by atoms with E-state index in [2.05, 4.69) is 15.8 Å². The lowest BCUT2D eigenvalue weighted by Crippen LogP contribution is -2.30. The summed E-state index contributed by atoms with van der Waals surface area (Å²) in [7, 11) is 0. The van der Waals surface area contributed by atoms with Crippen molar-refractivity contribution in [2.24, 2.45) is 5.73 Å². The molecule has 2 amide bonds. The lowest BCUT2D eigenvalue weighted by atomic mass is 10.1. The number of hydrogen-bond acceptors (Lipinski definition) is 4. The van der Waals surface area contributed by atoms with Crippen LogP contribution in [0.25, 0.3) is 0 Å². The van der Waals surface area contributed by atoms with Crippen LogP contribution in [0.1, 0.15) is 20.7 Å². The van der Waals surface area contributed by atoms with Gasteiger partial charge in [0.25, 0.3) is 5.91 Å². The number of nitrogens with one attached hydrogen (secondary N) is 1. The van der Waals surface area contributed by atoms with E-state index in [9.17, 15) is 23.2 Å². The van der Waals surface area contributed by atoms with Crippen LogP contribution < -0.4 is 11.1 Å². The molecule has 0 heterocycles. The van der Waals surface area contributed by atoms with E-state index in [-0.39, 0.29) is 13.2 Å². The number of benzene rings is 1. The van der Waals surface area contributed by atoms with Gasteiger partial charge in [-0.2, -0.15) is 0 Å². The van der Waals surface area contributed by atoms with Gasteiger partial charge in [-0.3, -0.25) is 4.79 Å². The summed E-state index contributed by atoms with van der Waals surface area (Å²) < 4.78 is 30.3. The molecule has 0 aliphatic carbocycles. The van der Waals surface area contributed by atoms with Crippen molar-refractivity contribution in [2.75, 3.05) is 13.2 Å². The zero-order valence-electron chi connectivity index (χ0n) is 9.98. The fourth-order valence-corrected chi connectivity index (χ4v) is 1.32. The lowest BCUT2D eigenvalue weighted by Gasteiger charge is -2.08. The van der Waals surface area contributed by atoms with E-state index in [4.69, 9.17) is 5.11 Å². The highest BCUT2D eigenvalue weighted by molar-refractivity contribution is 6.04. The van der Waals surface area contributed by atoms with Crippen LogP contribution in [0.3, 0.4) is 0 Å². The maximum absolute atomic E-state index is 13.0. The van der Waals surface area contributed by atoms with Gasteiger partial charge in [0, 0.05) is 0 Å². The second-order valence-electron chi connectivity index (χ2n) is 3.54. The summed E-state index contributed by atoms with van der Waals surface area (Å²) in [6.45, 7) is -0.410. The molecule has 108 valence electrons. The molecule has 0 saturated heterocycles. The average Bonchev–Trinajstić information content (AvgIpc) is 2.36. The van der Waals surface area contributed by atoms with Gasteiger partial charge >= 0.3 is 12.1 Å². The molecule has 1 aromatic rings. The summed E-state index contributed by atoms with van der Waals surface area (Å²) in [5.41, 5.74) is 3.45. The second-order valence-corrected chi connectivity index (χ2v) is 3.54. The third-order valence-electron chi connectivity index (χ3n) is 2.17. The summed E-state index contributed by atoms with van der Waals surface area (Å²) >= 11 is 0. The number of carboxylic acids is 1. The molecule has 20 heavy (non-hydrogen) atoms. The van der Waals surface area contributed by atoms with Crippen LogP contribution in [0.4, 0.5) is 13.6 Å². The smallest absolute Gasteiger partial charge is 0.404 e. The van der Waals surface area contributed by atoms with Crippen LogP contribution in [0.15, 0.2) is 12.1 Å². The van der Waals surface area contributed by atoms with Crippen molar-refractivity contribution in [1.29, 1.82) is 0 Å². The van der Waals surface area contributed by atoms with Crippen molar-refractivity contribution >= 4 is 18.0 Å². The Morgan fingerprint density at radius 1 is 1.20 bits per heavy atom. The van der Waals surface area contributed by atoms with E-state index in [0.717, 1.165) is 0 Å². The number of aromatic carboxylic acids is 1. The van der Waals surface area contributed by atoms with E-state index in [1.165, 1.54) is 0 Å². The molecule has 0 spiro atoms. The van der Waals surface area contributed by atoms with Crippen molar-refractivity contribution in [2.45, 2.75) is 0 Å². The van der Waals surface area contributed by atoms with Gasteiger partial charge in [-0.15, -0.1) is 0 Å². The number of amides is 2. The second kappa shape index (κ2) is 6.45. The number of rotatable bonds is 5. The topological polar surface area (TPSA) is 119 Å². The molecule has 1 aromatic carbocycles. The van der Waals surface area contributed by atoms with Crippen LogP contribution in [-0.2, 0) is 4.74 Å². The molecular formula is C11H10F2N2O5. The Morgan fingerprint density at radius 2 is 1.75 bits per heavy atom. The van der Waals surface area contributed by atoms with Crippen molar-refractivity contribution in [3.05, 3.63) is 34.9 Å². The Labute approximate surface area is 111 Å². The minimum Gasteiger partial charge on any atom is -0.478 e. The Bertz CT molecular complexity index is 562. The summed E-state index contributed by atoms with van der Waals surface area (Å²) in [5.74, 6) is -5.26. The quantitative estimate of drug-likeness (QED) is 0.681. The summed E-state index contributed by atoms with van der Waals surface area (Å²) in [4.78, 5) is 32.8. The molecular weight excluding hydrogens is 278 g/mol. The van der Waals surface area contributed by atoms with Crippen LogP contribution in [-0.4, -0.2) is 36.2 Å². The molecule has 0 aliphatic rings. The molecule has 0 atom stereocenters. The zero-order chi connectivity index (χ0) is 15.3. The first-order valence-electron chi connectivity index (χ1n) is 5.25. The Morgan fingerprint density at radius 3 is 2.25 bits per heavy atom. The summed E-state index contributed by atoms with van der Waals surface area (Å²) in [5, 5.41) is 11.0. The van der Waals surface area contributed by atoms with Gasteiger partial charge in [0.2, 0.25) is 0 Å². The van der Waals surface area contributed by atoms with Gasteiger partial charge in [-0.1, -0.05) is 0 Å². The Kier molecular flexibility index (Phi) is 4.95. The first kappa shape index (κ1) is 15.3. The van der Waals surface area contributed by atoms with Crippen molar-refractivity contribution < 1.29 is 33.0 Å². The van der Waals surface area contributed by atoms with Crippen LogP contribution >= 0.6 is 0 Å². The fourth-order valence-electron chi connectivity index (χ4n) is 1.32. The van der Waals surface area contributed by atoms with Gasteiger partial charge in [0.1, 0.15) is 6.61 Å². The molecule has 0 radical (unpaired) electrons. The van der Waals surface area contributed by atoms with Crippen LogP contribution in [0.2, 0.25) is 0 Å². The van der Waals surface area contributed by atoms with Crippen LogP contribution in [0, 0.1) is 11.6 Å². The maximum atomic E-state index is 13.0. The van der Waals surface area contributed by atoms with Crippen LogP contribution in [0.5, 0.6) is 0 Å². The number of primary amides is 1. The fraction of sp³-hybridized carbons (Fsp3) is 0.182. The Hall–Kier alpha value is -2.71. The first-order valence-corrected chi connectivity index (χ1v) is 5.25. The largest absolute Gasteiger partial charge is 0.478 e. The molecule has 4 N–H and O–H groups in total. The summed E-state index contributed by atoms with van der Waals surface area (Å²) in [6, 6.07) is 0.884. The predicted octanol–water partition coefficient (Wildman–Crippen LogP) is 0.488. The summed E-state index contributed by atoms with van der Waals surface area (Å²) in [6.07, 6.45) is -1.04. The predicted molar refractivity (Wildman–Crippen MR) is 61.2 cm³/mol. The number of hydrogen-bond donors (Lipinski definition) is 3. The Balaban J connectivity index is 2.84. The van der Waals surface area contributed by atoms with Gasteiger partial charge in [-0.25, -0.2) is 18.4 Å². The van der Waals surface area contributed by atoms with Crippen molar-refractivity contribution in [3.8, 4) is 0 Å². The highest BCUT2D eigenvalue weighted by Crippen LogP contribution is 2.15. The number of nitrogens with two attached hydrogens (primary N) is 1. The molecule has 0 fully saturated rings. The molecule has 7 nitrogen and oxygen atoms in total. The molecule has 9 heteroatoms. The molecule has 0 unspecified atom stereocenters. The van der Waals surface area contributed by atoms with E-state index in [1.807, 2.05) is 0 Å². The number of halogens is 2. The number of carbonyl (C=O) groups is 3. The van der Waals surface area contributed by atoms with Crippen molar-refractivity contribution in [3.63, 3.8) is 0 Å². The number of carboxylic acid groups (broad SMARTS) is 1. The van der Waals surface area contributed by atoms with E-state index in [0.29, 0.717) is 12.1 Å². The number of ether oxygens (including phenoxy) is 1. The molecule has 0 aromatic heterocycles. The van der Waals surface area contributed by atoms with E-state index in [1.54, 1.807) is 0 Å². The standard InChI is InChI=1S/C11H10F2N2O5/c12-7-3-5(6(10(17)18)4-8(7)13)9(16)15-1-2-20-11(14)19/h3-4H,1-2H2,(H2,14,19)(H,15,16)(H,17,18). The van der Waals surface area contributed by atoms with Gasteiger partial charge in [0.15, 0.2) is 11.6 Å². The third-order valence-corrected chi connectivity index (χ3v) is 2.17. The average molecular weight is 288 g/mol. The highest BCUT2D eigenvalue weighted by atomic mass is 19.2. The maximum Gasteiger partial charge on any atom is 0.404 e. The first-order chi connectivity index (χ1) is 9.32. The van der Waals surface area contributed by atoms with Gasteiger partial charge in [-0.05, 0) is 12.1 Å². The molecule has 1 rings (SSSR count). The number of carbonyl (C=O) groups excluding carboxylic acids is 2. The SMILES string of the molecule is NC(=O)OCCNC(=O)c1cc(F)c(F)cc1C(=O)O. The van der Waals surface area contributed by atoms with Gasteiger partial charge in [0.05, 0.1) is 17.7 Å². The molecule has 0 aliphatic heterocycles. The van der Waals surface area contributed by atoms with E-state index >= 15 is 0 Å². The zero-order valence-corrected chi connectivity index (χ0v) is 9.98.